The Bertz CT molecular complexity index is 214. The van der Waals surface area contributed by atoms with E-state index in [0.717, 1.165) is 6.42 Å². The first-order valence-electron chi connectivity index (χ1n) is 5.61. The minimum absolute atomic E-state index is 0.00586. The second kappa shape index (κ2) is 9.15. The normalized spacial score (nSPS) is 12.1. The van der Waals surface area contributed by atoms with E-state index >= 15 is 0 Å². The molecule has 0 amide bonds. The zero-order chi connectivity index (χ0) is 12.4. The van der Waals surface area contributed by atoms with Crippen LogP contribution in [0.15, 0.2) is 0 Å². The van der Waals surface area contributed by atoms with Gasteiger partial charge in [-0.3, -0.25) is 9.59 Å². The molecule has 0 rings (SSSR count). The van der Waals surface area contributed by atoms with Gasteiger partial charge >= 0.3 is 11.9 Å². The van der Waals surface area contributed by atoms with Crippen molar-refractivity contribution in [3.63, 3.8) is 0 Å². The molecule has 0 aliphatic carbocycles. The number of esters is 1. The van der Waals surface area contributed by atoms with Crippen LogP contribution in [0.2, 0.25) is 0 Å². The Kier molecular flexibility index (Phi) is 8.52. The van der Waals surface area contributed by atoms with Crippen molar-refractivity contribution in [3.05, 3.63) is 0 Å². The van der Waals surface area contributed by atoms with Gasteiger partial charge in [-0.15, -0.1) is 0 Å². The number of hydrogen-bond acceptors (Lipinski definition) is 4. The molecular formula is C11H20O5. The van der Waals surface area contributed by atoms with Crippen LogP contribution in [0.5, 0.6) is 0 Å². The summed E-state index contributed by atoms with van der Waals surface area (Å²) in [5.74, 6) is -1.13. The Morgan fingerprint density at radius 3 is 2.50 bits per heavy atom. The Hall–Kier alpha value is -1.10. The third-order valence-electron chi connectivity index (χ3n) is 2.07. The summed E-state index contributed by atoms with van der Waals surface area (Å²) in [7, 11) is 0. The number of aliphatic hydroxyl groups is 1. The average Bonchev–Trinajstić information content (AvgIpc) is 2.22. The first kappa shape index (κ1) is 14.9. The predicted molar refractivity (Wildman–Crippen MR) is 58.0 cm³/mol. The topological polar surface area (TPSA) is 83.8 Å². The molecule has 0 fully saturated rings. The Labute approximate surface area is 95.4 Å². The van der Waals surface area contributed by atoms with Crippen LogP contribution >= 0.6 is 0 Å². The van der Waals surface area contributed by atoms with Crippen LogP contribution in [0, 0.1) is 0 Å². The number of hydrogen-bond donors (Lipinski definition) is 2. The van der Waals surface area contributed by atoms with Crippen LogP contribution in [-0.4, -0.2) is 34.9 Å². The van der Waals surface area contributed by atoms with Crippen molar-refractivity contribution in [3.8, 4) is 0 Å². The number of carbonyl (C=O) groups excluding carboxylic acids is 1. The van der Waals surface area contributed by atoms with Gasteiger partial charge < -0.3 is 14.9 Å². The third-order valence-corrected chi connectivity index (χ3v) is 2.07. The first-order valence-corrected chi connectivity index (χ1v) is 5.61. The minimum atomic E-state index is -0.830. The van der Waals surface area contributed by atoms with Crippen LogP contribution in [0.25, 0.3) is 0 Å². The van der Waals surface area contributed by atoms with Crippen molar-refractivity contribution < 1.29 is 24.5 Å². The van der Waals surface area contributed by atoms with Crippen molar-refractivity contribution in [1.82, 2.24) is 0 Å². The Balaban J connectivity index is 3.40. The lowest BCUT2D eigenvalue weighted by molar-refractivity contribution is -0.146. The maximum absolute atomic E-state index is 11.0. The fraction of sp³-hybridized carbons (Fsp3) is 0.818. The molecule has 94 valence electrons. The monoisotopic (exact) mass is 232 g/mol. The molecule has 1 unspecified atom stereocenters. The van der Waals surface area contributed by atoms with Gasteiger partial charge in [0.1, 0.15) is 6.61 Å². The van der Waals surface area contributed by atoms with Crippen LogP contribution in [-0.2, 0) is 14.3 Å². The summed E-state index contributed by atoms with van der Waals surface area (Å²) in [5.41, 5.74) is 0. The van der Waals surface area contributed by atoms with Gasteiger partial charge in [0.05, 0.1) is 6.10 Å². The number of ether oxygens (including phenoxy) is 1. The van der Waals surface area contributed by atoms with E-state index in [2.05, 4.69) is 0 Å². The molecule has 0 aromatic carbocycles. The van der Waals surface area contributed by atoms with Crippen LogP contribution in [0.4, 0.5) is 0 Å². The highest BCUT2D eigenvalue weighted by Gasteiger charge is 2.08. The van der Waals surface area contributed by atoms with E-state index in [9.17, 15) is 14.7 Å². The fourth-order valence-electron chi connectivity index (χ4n) is 1.20. The number of unbranched alkanes of at least 4 members (excludes halogenated alkanes) is 1. The second-order valence-electron chi connectivity index (χ2n) is 3.73. The zero-order valence-corrected chi connectivity index (χ0v) is 9.65. The highest BCUT2D eigenvalue weighted by atomic mass is 16.5. The van der Waals surface area contributed by atoms with E-state index in [0.29, 0.717) is 25.7 Å². The van der Waals surface area contributed by atoms with Gasteiger partial charge in [-0.2, -0.15) is 0 Å². The van der Waals surface area contributed by atoms with Crippen molar-refractivity contribution in [2.75, 3.05) is 6.61 Å². The van der Waals surface area contributed by atoms with Crippen molar-refractivity contribution in [2.45, 2.75) is 51.6 Å². The standard InChI is InChI=1S/C11H20O5/c1-2-5-11(15)16-8-9(12)6-3-4-7-10(13)14/h9,12H,2-8H2,1H3,(H,13,14). The molecule has 0 radical (unpaired) electrons. The quantitative estimate of drug-likeness (QED) is 0.463. The van der Waals surface area contributed by atoms with E-state index in [1.165, 1.54) is 0 Å². The molecule has 0 heterocycles. The maximum Gasteiger partial charge on any atom is 0.305 e. The number of aliphatic hydroxyl groups excluding tert-OH is 1. The minimum Gasteiger partial charge on any atom is -0.481 e. The third kappa shape index (κ3) is 9.45. The van der Waals surface area contributed by atoms with Crippen molar-refractivity contribution in [1.29, 1.82) is 0 Å². The smallest absolute Gasteiger partial charge is 0.305 e. The number of carboxylic acid groups (broad SMARTS) is 1. The summed E-state index contributed by atoms with van der Waals surface area (Å²) in [4.78, 5) is 21.2. The molecule has 0 aliphatic rings. The lowest BCUT2D eigenvalue weighted by Crippen LogP contribution is -2.18. The summed E-state index contributed by atoms with van der Waals surface area (Å²) < 4.78 is 4.82. The molecular weight excluding hydrogens is 212 g/mol. The van der Waals surface area contributed by atoms with Gasteiger partial charge in [-0.1, -0.05) is 13.3 Å². The van der Waals surface area contributed by atoms with Crippen LogP contribution in [0.3, 0.4) is 0 Å². The van der Waals surface area contributed by atoms with Gasteiger partial charge in [-0.05, 0) is 19.3 Å². The van der Waals surface area contributed by atoms with Gasteiger partial charge in [0.15, 0.2) is 0 Å². The van der Waals surface area contributed by atoms with Crippen LogP contribution in [0.1, 0.15) is 45.4 Å². The number of carbonyl (C=O) groups is 2. The largest absolute Gasteiger partial charge is 0.481 e. The van der Waals surface area contributed by atoms with E-state index in [4.69, 9.17) is 9.84 Å². The van der Waals surface area contributed by atoms with Gasteiger partial charge in [0.2, 0.25) is 0 Å². The van der Waals surface area contributed by atoms with Gasteiger partial charge in [-0.25, -0.2) is 0 Å². The molecule has 0 aliphatic heterocycles. The van der Waals surface area contributed by atoms with E-state index in [-0.39, 0.29) is 19.0 Å². The highest BCUT2D eigenvalue weighted by Crippen LogP contribution is 2.04. The molecule has 1 atom stereocenters. The van der Waals surface area contributed by atoms with E-state index in [1.54, 1.807) is 0 Å². The molecule has 0 aromatic rings. The Morgan fingerprint density at radius 1 is 1.25 bits per heavy atom. The molecule has 0 spiro atoms. The molecule has 0 saturated heterocycles. The fourth-order valence-corrected chi connectivity index (χ4v) is 1.20. The summed E-state index contributed by atoms with van der Waals surface area (Å²) in [6.45, 7) is 1.88. The predicted octanol–water partition coefficient (Wildman–Crippen LogP) is 1.34. The first-order chi connectivity index (χ1) is 7.56. The lowest BCUT2D eigenvalue weighted by Gasteiger charge is -2.10. The van der Waals surface area contributed by atoms with Gasteiger partial charge in [0, 0.05) is 12.8 Å². The molecule has 5 heteroatoms. The SMILES string of the molecule is CCCC(=O)OCC(O)CCCCC(=O)O. The average molecular weight is 232 g/mol. The Morgan fingerprint density at radius 2 is 1.94 bits per heavy atom. The lowest BCUT2D eigenvalue weighted by atomic mass is 10.1. The molecule has 0 saturated carbocycles. The number of carboxylic acids is 1. The van der Waals surface area contributed by atoms with Crippen LogP contribution < -0.4 is 0 Å². The summed E-state index contributed by atoms with van der Waals surface area (Å²) in [5, 5.41) is 17.8. The molecule has 16 heavy (non-hydrogen) atoms. The molecule has 0 aromatic heterocycles. The van der Waals surface area contributed by atoms with Gasteiger partial charge in [0.25, 0.3) is 0 Å². The molecule has 0 bridgehead atoms. The second-order valence-corrected chi connectivity index (χ2v) is 3.73. The summed E-state index contributed by atoms with van der Waals surface area (Å²) in [6, 6.07) is 0. The summed E-state index contributed by atoms with van der Waals surface area (Å²) in [6.07, 6.45) is 2.15. The summed E-state index contributed by atoms with van der Waals surface area (Å²) >= 11 is 0. The number of rotatable bonds is 9. The zero-order valence-electron chi connectivity index (χ0n) is 9.65. The maximum atomic E-state index is 11.0. The van der Waals surface area contributed by atoms with Crippen molar-refractivity contribution >= 4 is 11.9 Å². The molecule has 5 nitrogen and oxygen atoms in total. The van der Waals surface area contributed by atoms with E-state index in [1.807, 2.05) is 6.92 Å². The highest BCUT2D eigenvalue weighted by molar-refractivity contribution is 5.69. The van der Waals surface area contributed by atoms with E-state index < -0.39 is 12.1 Å². The number of aliphatic carboxylic acids is 1. The van der Waals surface area contributed by atoms with Crippen molar-refractivity contribution in [2.24, 2.45) is 0 Å². The molecule has 2 N–H and O–H groups in total.